The standard InChI is InChI=1S/C16H13NO2/c1-11(18)17-14-10-6-5-9-13(14)16(19)15(17)12-7-3-2-4-8-12/h2-10,19H,1H3. The first-order valence-corrected chi connectivity index (χ1v) is 6.09. The van der Waals surface area contributed by atoms with E-state index in [1.54, 1.807) is 4.57 Å². The quantitative estimate of drug-likeness (QED) is 0.717. The average Bonchev–Trinajstić information content (AvgIpc) is 2.74. The van der Waals surface area contributed by atoms with Gasteiger partial charge in [0.1, 0.15) is 5.75 Å². The minimum absolute atomic E-state index is 0.115. The predicted molar refractivity (Wildman–Crippen MR) is 75.3 cm³/mol. The molecule has 0 radical (unpaired) electrons. The molecule has 2 aromatic carbocycles. The summed E-state index contributed by atoms with van der Waals surface area (Å²) in [5.74, 6) is 0.0346. The van der Waals surface area contributed by atoms with Gasteiger partial charge in [-0.2, -0.15) is 0 Å². The highest BCUT2D eigenvalue weighted by Gasteiger charge is 2.19. The van der Waals surface area contributed by atoms with Crippen molar-refractivity contribution in [2.75, 3.05) is 0 Å². The van der Waals surface area contributed by atoms with Gasteiger partial charge in [-0.1, -0.05) is 42.5 Å². The molecular weight excluding hydrogens is 238 g/mol. The van der Waals surface area contributed by atoms with Crippen LogP contribution < -0.4 is 0 Å². The van der Waals surface area contributed by atoms with Gasteiger partial charge in [-0.3, -0.25) is 9.36 Å². The Balaban J connectivity index is 2.44. The highest BCUT2D eigenvalue weighted by Crippen LogP contribution is 2.38. The molecule has 3 nitrogen and oxygen atoms in total. The van der Waals surface area contributed by atoms with Crippen molar-refractivity contribution in [1.29, 1.82) is 0 Å². The number of para-hydroxylation sites is 1. The van der Waals surface area contributed by atoms with Crippen LogP contribution in [0.15, 0.2) is 54.6 Å². The lowest BCUT2D eigenvalue weighted by atomic mass is 10.1. The lowest BCUT2D eigenvalue weighted by Gasteiger charge is -2.06. The first-order chi connectivity index (χ1) is 9.20. The summed E-state index contributed by atoms with van der Waals surface area (Å²) in [6, 6.07) is 16.8. The number of carbonyl (C=O) groups excluding carboxylic acids is 1. The molecule has 0 bridgehead atoms. The summed E-state index contributed by atoms with van der Waals surface area (Å²) in [7, 11) is 0. The molecule has 0 aliphatic rings. The number of carbonyl (C=O) groups is 1. The second-order valence-corrected chi connectivity index (χ2v) is 4.43. The molecular formula is C16H13NO2. The summed E-state index contributed by atoms with van der Waals surface area (Å²) in [5.41, 5.74) is 2.10. The molecule has 0 amide bonds. The Labute approximate surface area is 110 Å². The van der Waals surface area contributed by atoms with Crippen LogP contribution in [0.4, 0.5) is 0 Å². The molecule has 0 aliphatic carbocycles. The Morgan fingerprint density at radius 2 is 1.63 bits per heavy atom. The molecule has 1 aromatic heterocycles. The highest BCUT2D eigenvalue weighted by molar-refractivity contribution is 6.02. The molecule has 3 rings (SSSR count). The fraction of sp³-hybridized carbons (Fsp3) is 0.0625. The third kappa shape index (κ3) is 1.71. The topological polar surface area (TPSA) is 42.2 Å². The second kappa shape index (κ2) is 4.28. The van der Waals surface area contributed by atoms with Crippen molar-refractivity contribution in [3.8, 4) is 17.0 Å². The fourth-order valence-corrected chi connectivity index (χ4v) is 2.41. The van der Waals surface area contributed by atoms with Gasteiger partial charge in [-0.05, 0) is 12.1 Å². The van der Waals surface area contributed by atoms with E-state index in [1.165, 1.54) is 6.92 Å². The SMILES string of the molecule is CC(=O)n1c(-c2ccccc2)c(O)c2ccccc21. The number of fused-ring (bicyclic) bond motifs is 1. The monoisotopic (exact) mass is 251 g/mol. The molecule has 0 unspecified atom stereocenters. The normalized spacial score (nSPS) is 10.8. The Bertz CT molecular complexity index is 757. The highest BCUT2D eigenvalue weighted by atomic mass is 16.3. The Kier molecular flexibility index (Phi) is 2.60. The first kappa shape index (κ1) is 11.5. The molecule has 0 atom stereocenters. The van der Waals surface area contributed by atoms with E-state index < -0.39 is 0 Å². The van der Waals surface area contributed by atoms with E-state index in [-0.39, 0.29) is 11.7 Å². The van der Waals surface area contributed by atoms with Crippen molar-refractivity contribution < 1.29 is 9.90 Å². The van der Waals surface area contributed by atoms with Crippen molar-refractivity contribution in [1.82, 2.24) is 4.57 Å². The summed E-state index contributed by atoms with van der Waals surface area (Å²) in [6.07, 6.45) is 0. The van der Waals surface area contributed by atoms with Gasteiger partial charge in [-0.25, -0.2) is 0 Å². The molecule has 19 heavy (non-hydrogen) atoms. The molecule has 1 N–H and O–H groups in total. The van der Waals surface area contributed by atoms with Crippen LogP contribution in [-0.2, 0) is 0 Å². The van der Waals surface area contributed by atoms with Crippen LogP contribution >= 0.6 is 0 Å². The smallest absolute Gasteiger partial charge is 0.228 e. The lowest BCUT2D eigenvalue weighted by Crippen LogP contribution is -2.06. The van der Waals surface area contributed by atoms with Crippen molar-refractivity contribution in [3.63, 3.8) is 0 Å². The predicted octanol–water partition coefficient (Wildman–Crippen LogP) is 3.67. The van der Waals surface area contributed by atoms with Gasteiger partial charge in [0.25, 0.3) is 0 Å². The zero-order chi connectivity index (χ0) is 13.4. The number of aromatic hydroxyl groups is 1. The zero-order valence-electron chi connectivity index (χ0n) is 10.5. The largest absolute Gasteiger partial charge is 0.505 e. The zero-order valence-corrected chi connectivity index (χ0v) is 10.5. The molecule has 3 heteroatoms. The molecule has 0 saturated carbocycles. The maximum absolute atomic E-state index is 11.9. The molecule has 0 saturated heterocycles. The Morgan fingerprint density at radius 3 is 2.32 bits per heavy atom. The molecule has 0 fully saturated rings. The van der Waals surface area contributed by atoms with Gasteiger partial charge in [-0.15, -0.1) is 0 Å². The van der Waals surface area contributed by atoms with Gasteiger partial charge in [0.2, 0.25) is 5.91 Å². The third-order valence-electron chi connectivity index (χ3n) is 3.21. The van der Waals surface area contributed by atoms with Gasteiger partial charge >= 0.3 is 0 Å². The van der Waals surface area contributed by atoms with Crippen molar-refractivity contribution in [3.05, 3.63) is 54.6 Å². The summed E-state index contributed by atoms with van der Waals surface area (Å²) in [4.78, 5) is 11.9. The van der Waals surface area contributed by atoms with Crippen LogP contribution in [-0.4, -0.2) is 15.6 Å². The number of hydrogen-bond donors (Lipinski definition) is 1. The lowest BCUT2D eigenvalue weighted by molar-refractivity contribution is 0.0943. The minimum atomic E-state index is -0.115. The van der Waals surface area contributed by atoms with Crippen molar-refractivity contribution >= 4 is 16.8 Å². The van der Waals surface area contributed by atoms with E-state index in [1.807, 2.05) is 54.6 Å². The minimum Gasteiger partial charge on any atom is -0.505 e. The molecule has 1 heterocycles. The Hall–Kier alpha value is -2.55. The molecule has 3 aromatic rings. The maximum atomic E-state index is 11.9. The van der Waals surface area contributed by atoms with Crippen molar-refractivity contribution in [2.24, 2.45) is 0 Å². The number of hydrogen-bond acceptors (Lipinski definition) is 2. The van der Waals surface area contributed by atoms with Crippen LogP contribution in [0.1, 0.15) is 11.7 Å². The van der Waals surface area contributed by atoms with Gasteiger partial charge < -0.3 is 5.11 Å². The van der Waals surface area contributed by atoms with Crippen LogP contribution in [0.3, 0.4) is 0 Å². The van der Waals surface area contributed by atoms with Crippen LogP contribution in [0.2, 0.25) is 0 Å². The van der Waals surface area contributed by atoms with Gasteiger partial charge in [0.15, 0.2) is 0 Å². The summed E-state index contributed by atoms with van der Waals surface area (Å²) < 4.78 is 1.56. The number of nitrogens with zero attached hydrogens (tertiary/aromatic N) is 1. The summed E-state index contributed by atoms with van der Waals surface area (Å²) >= 11 is 0. The van der Waals surface area contributed by atoms with Crippen molar-refractivity contribution in [2.45, 2.75) is 6.92 Å². The van der Waals surface area contributed by atoms with Crippen LogP contribution in [0.5, 0.6) is 5.75 Å². The van der Waals surface area contributed by atoms with E-state index in [0.717, 1.165) is 11.1 Å². The van der Waals surface area contributed by atoms with Gasteiger partial charge in [0.05, 0.1) is 11.2 Å². The number of benzene rings is 2. The maximum Gasteiger partial charge on any atom is 0.228 e. The van der Waals surface area contributed by atoms with E-state index in [0.29, 0.717) is 11.1 Å². The first-order valence-electron chi connectivity index (χ1n) is 6.09. The number of aromatic nitrogens is 1. The average molecular weight is 251 g/mol. The summed E-state index contributed by atoms with van der Waals surface area (Å²) in [5, 5.41) is 11.1. The third-order valence-corrected chi connectivity index (χ3v) is 3.21. The van der Waals surface area contributed by atoms with E-state index in [9.17, 15) is 9.90 Å². The van der Waals surface area contributed by atoms with E-state index in [4.69, 9.17) is 0 Å². The van der Waals surface area contributed by atoms with E-state index in [2.05, 4.69) is 0 Å². The molecule has 94 valence electrons. The van der Waals surface area contributed by atoms with E-state index >= 15 is 0 Å². The fourth-order valence-electron chi connectivity index (χ4n) is 2.41. The Morgan fingerprint density at radius 1 is 1.00 bits per heavy atom. The molecule has 0 spiro atoms. The van der Waals surface area contributed by atoms with Crippen LogP contribution in [0, 0.1) is 0 Å². The second-order valence-electron chi connectivity index (χ2n) is 4.43. The summed E-state index contributed by atoms with van der Waals surface area (Å²) in [6.45, 7) is 1.50. The van der Waals surface area contributed by atoms with Gasteiger partial charge in [0, 0.05) is 17.9 Å². The molecule has 0 aliphatic heterocycles. The number of rotatable bonds is 1. The van der Waals surface area contributed by atoms with Crippen LogP contribution in [0.25, 0.3) is 22.2 Å².